The van der Waals surface area contributed by atoms with E-state index < -0.39 is 7.12 Å². The maximum absolute atomic E-state index is 8.93. The van der Waals surface area contributed by atoms with Crippen LogP contribution in [-0.4, -0.2) is 17.2 Å². The van der Waals surface area contributed by atoms with Crippen LogP contribution >= 0.6 is 11.6 Å². The van der Waals surface area contributed by atoms with Gasteiger partial charge in [0.25, 0.3) is 0 Å². The summed E-state index contributed by atoms with van der Waals surface area (Å²) in [6.45, 7) is 0. The van der Waals surface area contributed by atoms with Gasteiger partial charge in [0.15, 0.2) is 0 Å². The minimum Gasteiger partial charge on any atom is -0.427 e. The normalized spacial score (nSPS) is 25.8. The van der Waals surface area contributed by atoms with E-state index in [4.69, 9.17) is 21.6 Å². The summed E-state index contributed by atoms with van der Waals surface area (Å²) in [5.41, 5.74) is 1.03. The second-order valence-corrected chi connectivity index (χ2v) is 3.85. The van der Waals surface area contributed by atoms with E-state index in [0.717, 1.165) is 17.0 Å². The van der Waals surface area contributed by atoms with Crippen LogP contribution in [0.15, 0.2) is 24.3 Å². The lowest BCUT2D eigenvalue weighted by atomic mass is 9.81. The Balaban J connectivity index is 2.16. The molecule has 13 heavy (non-hydrogen) atoms. The summed E-state index contributed by atoms with van der Waals surface area (Å²) < 4.78 is 0. The van der Waals surface area contributed by atoms with E-state index in [1.54, 1.807) is 0 Å². The number of rotatable bonds is 2. The fourth-order valence-corrected chi connectivity index (χ4v) is 1.95. The van der Waals surface area contributed by atoms with E-state index in [0.29, 0.717) is 0 Å². The average Bonchev–Trinajstić information content (AvgIpc) is 2.84. The molecule has 0 aliphatic heterocycles. The van der Waals surface area contributed by atoms with Crippen LogP contribution in [0.25, 0.3) is 0 Å². The summed E-state index contributed by atoms with van der Waals surface area (Å²) >= 11 is 5.97. The Morgan fingerprint density at radius 1 is 1.31 bits per heavy atom. The molecule has 0 aromatic heterocycles. The minimum atomic E-state index is -1.21. The Morgan fingerprint density at radius 2 is 2.00 bits per heavy atom. The molecule has 1 fully saturated rings. The van der Waals surface area contributed by atoms with Crippen LogP contribution in [-0.2, 0) is 0 Å². The smallest absolute Gasteiger partial charge is 0.427 e. The van der Waals surface area contributed by atoms with E-state index in [9.17, 15) is 0 Å². The van der Waals surface area contributed by atoms with Gasteiger partial charge >= 0.3 is 7.12 Å². The van der Waals surface area contributed by atoms with Gasteiger partial charge in [-0.1, -0.05) is 29.8 Å². The monoisotopic (exact) mass is 196 g/mol. The Morgan fingerprint density at radius 3 is 2.54 bits per heavy atom. The van der Waals surface area contributed by atoms with E-state index in [1.165, 1.54) is 0 Å². The molecule has 0 radical (unpaired) electrons. The van der Waals surface area contributed by atoms with Crippen molar-refractivity contribution < 1.29 is 10.0 Å². The summed E-state index contributed by atoms with van der Waals surface area (Å²) in [5, 5.41) is 18.6. The van der Waals surface area contributed by atoms with E-state index >= 15 is 0 Å². The van der Waals surface area contributed by atoms with Crippen LogP contribution in [0.5, 0.6) is 0 Å². The number of benzene rings is 1. The van der Waals surface area contributed by atoms with Crippen molar-refractivity contribution in [3.05, 3.63) is 34.9 Å². The molecule has 68 valence electrons. The lowest BCUT2D eigenvalue weighted by Crippen LogP contribution is -2.11. The quantitative estimate of drug-likeness (QED) is 0.707. The summed E-state index contributed by atoms with van der Waals surface area (Å²) in [5.74, 6) is 0.202. The summed E-state index contributed by atoms with van der Waals surface area (Å²) in [6.07, 6.45) is 0.821. The average molecular weight is 196 g/mol. The highest BCUT2D eigenvalue weighted by Gasteiger charge is 2.46. The molecule has 4 heteroatoms. The van der Waals surface area contributed by atoms with Gasteiger partial charge in [-0.3, -0.25) is 0 Å². The van der Waals surface area contributed by atoms with Gasteiger partial charge in [-0.25, -0.2) is 0 Å². The van der Waals surface area contributed by atoms with Crippen molar-refractivity contribution >= 4 is 18.7 Å². The number of hydrogen-bond acceptors (Lipinski definition) is 2. The molecule has 2 atom stereocenters. The lowest BCUT2D eigenvalue weighted by molar-refractivity contribution is 0.402. The Labute approximate surface area is 82.3 Å². The van der Waals surface area contributed by atoms with E-state index in [2.05, 4.69) is 0 Å². The minimum absolute atomic E-state index is 0.0279. The molecule has 2 nitrogen and oxygen atoms in total. The predicted molar refractivity (Wildman–Crippen MR) is 52.8 cm³/mol. The van der Waals surface area contributed by atoms with Crippen LogP contribution in [0.2, 0.25) is 10.8 Å². The van der Waals surface area contributed by atoms with Gasteiger partial charge in [0.05, 0.1) is 0 Å². The molecular weight excluding hydrogens is 186 g/mol. The molecular formula is C9H10BClO2. The predicted octanol–water partition coefficient (Wildman–Crippen LogP) is 1.67. The summed E-state index contributed by atoms with van der Waals surface area (Å²) in [6, 6.07) is 7.56. The standard InChI is InChI=1S/C9H10BClO2/c11-9-4-2-1-3-6(9)7-5-8(7)10(12)13/h1-4,7-8,12-13H,5H2/t7-,8-/m0/s1. The first-order chi connectivity index (χ1) is 6.20. The van der Waals surface area contributed by atoms with Gasteiger partial charge in [0.2, 0.25) is 0 Å². The first-order valence-corrected chi connectivity index (χ1v) is 4.68. The third kappa shape index (κ3) is 1.73. The topological polar surface area (TPSA) is 40.5 Å². The zero-order chi connectivity index (χ0) is 9.42. The fraction of sp³-hybridized carbons (Fsp3) is 0.333. The van der Waals surface area contributed by atoms with Crippen molar-refractivity contribution in [2.24, 2.45) is 0 Å². The fourth-order valence-electron chi connectivity index (χ4n) is 1.68. The lowest BCUT2D eigenvalue weighted by Gasteiger charge is -2.01. The molecule has 1 saturated carbocycles. The highest BCUT2D eigenvalue weighted by Crippen LogP contribution is 2.55. The Hall–Kier alpha value is -0.505. The molecule has 2 N–H and O–H groups in total. The van der Waals surface area contributed by atoms with Crippen LogP contribution in [0.4, 0.5) is 0 Å². The van der Waals surface area contributed by atoms with Gasteiger partial charge in [-0.15, -0.1) is 0 Å². The first kappa shape index (κ1) is 9.07. The van der Waals surface area contributed by atoms with Gasteiger partial charge in [-0.05, 0) is 24.0 Å². The Kier molecular flexibility index (Phi) is 2.32. The molecule has 0 bridgehead atoms. The van der Waals surface area contributed by atoms with Gasteiger partial charge in [0, 0.05) is 10.8 Å². The van der Waals surface area contributed by atoms with Crippen LogP contribution in [0.1, 0.15) is 17.9 Å². The summed E-state index contributed by atoms with van der Waals surface area (Å²) in [4.78, 5) is 0. The van der Waals surface area contributed by atoms with Crippen molar-refractivity contribution in [3.8, 4) is 0 Å². The second kappa shape index (κ2) is 3.33. The van der Waals surface area contributed by atoms with Crippen LogP contribution in [0.3, 0.4) is 0 Å². The number of halogens is 1. The molecule has 0 spiro atoms. The molecule has 0 amide bonds. The van der Waals surface area contributed by atoms with Crippen molar-refractivity contribution in [3.63, 3.8) is 0 Å². The zero-order valence-electron chi connectivity index (χ0n) is 7.02. The molecule has 0 heterocycles. The largest absolute Gasteiger partial charge is 0.455 e. The molecule has 1 aliphatic rings. The SMILES string of the molecule is OB(O)[C@H]1C[C@H]1c1ccccc1Cl. The summed E-state index contributed by atoms with van der Waals surface area (Å²) in [7, 11) is -1.21. The van der Waals surface area contributed by atoms with Crippen LogP contribution in [0, 0.1) is 0 Å². The van der Waals surface area contributed by atoms with Crippen molar-refractivity contribution in [1.82, 2.24) is 0 Å². The second-order valence-electron chi connectivity index (χ2n) is 3.44. The first-order valence-electron chi connectivity index (χ1n) is 4.30. The number of hydrogen-bond donors (Lipinski definition) is 2. The maximum Gasteiger partial charge on any atom is 0.455 e. The van der Waals surface area contributed by atoms with Gasteiger partial charge in [0.1, 0.15) is 0 Å². The van der Waals surface area contributed by atoms with Crippen molar-refractivity contribution in [2.45, 2.75) is 18.2 Å². The van der Waals surface area contributed by atoms with Gasteiger partial charge in [-0.2, -0.15) is 0 Å². The van der Waals surface area contributed by atoms with Gasteiger partial charge < -0.3 is 10.0 Å². The molecule has 1 aliphatic carbocycles. The van der Waals surface area contributed by atoms with E-state index in [-0.39, 0.29) is 11.7 Å². The molecule has 2 rings (SSSR count). The zero-order valence-corrected chi connectivity index (χ0v) is 7.78. The molecule has 1 aromatic rings. The highest BCUT2D eigenvalue weighted by molar-refractivity contribution is 6.45. The highest BCUT2D eigenvalue weighted by atomic mass is 35.5. The third-order valence-electron chi connectivity index (χ3n) is 2.53. The van der Waals surface area contributed by atoms with Crippen molar-refractivity contribution in [1.29, 1.82) is 0 Å². The third-order valence-corrected chi connectivity index (χ3v) is 2.87. The van der Waals surface area contributed by atoms with Crippen molar-refractivity contribution in [2.75, 3.05) is 0 Å². The molecule has 0 saturated heterocycles. The Bertz CT molecular complexity index is 316. The van der Waals surface area contributed by atoms with E-state index in [1.807, 2.05) is 24.3 Å². The molecule has 0 unspecified atom stereocenters. The maximum atomic E-state index is 8.93. The van der Waals surface area contributed by atoms with Crippen LogP contribution < -0.4 is 0 Å². The molecule has 1 aromatic carbocycles.